The van der Waals surface area contributed by atoms with Gasteiger partial charge in [-0.2, -0.15) is 18.3 Å². The van der Waals surface area contributed by atoms with Crippen LogP contribution < -0.4 is 0 Å². The number of rotatable bonds is 3. The second-order valence-electron chi connectivity index (χ2n) is 5.92. The molecular weight excluding hydrogens is 425 g/mol. The minimum atomic E-state index is -4.72. The predicted molar refractivity (Wildman–Crippen MR) is 99.0 cm³/mol. The first-order chi connectivity index (χ1) is 14.3. The summed E-state index contributed by atoms with van der Waals surface area (Å²) in [5.41, 5.74) is 0.693. The van der Waals surface area contributed by atoms with Crippen molar-refractivity contribution in [3.05, 3.63) is 59.4 Å². The maximum atomic E-state index is 13.0. The number of halogens is 4. The first kappa shape index (κ1) is 19.7. The molecule has 0 radical (unpaired) electrons. The van der Waals surface area contributed by atoms with Gasteiger partial charge in [0, 0.05) is 17.4 Å². The zero-order chi connectivity index (χ0) is 21.5. The van der Waals surface area contributed by atoms with Crippen molar-refractivity contribution in [3.63, 3.8) is 0 Å². The molecule has 0 aliphatic carbocycles. The van der Waals surface area contributed by atoms with Gasteiger partial charge < -0.3 is 4.74 Å². The highest BCUT2D eigenvalue weighted by molar-refractivity contribution is 6.30. The van der Waals surface area contributed by atoms with E-state index in [0.717, 1.165) is 6.20 Å². The van der Waals surface area contributed by atoms with Crippen molar-refractivity contribution in [3.8, 4) is 17.1 Å². The van der Waals surface area contributed by atoms with Crippen LogP contribution in [0.25, 0.3) is 28.1 Å². The van der Waals surface area contributed by atoms with Crippen molar-refractivity contribution >= 4 is 28.6 Å². The van der Waals surface area contributed by atoms with Crippen LogP contribution in [0.4, 0.5) is 13.2 Å². The number of nitrogens with zero attached hydrogens (tertiary/aromatic N) is 6. The molecule has 0 unspecified atom stereocenters. The highest BCUT2D eigenvalue weighted by atomic mass is 35.5. The summed E-state index contributed by atoms with van der Waals surface area (Å²) in [6.07, 6.45) is -2.46. The molecule has 0 aliphatic rings. The summed E-state index contributed by atoms with van der Waals surface area (Å²) >= 11 is 5.92. The van der Waals surface area contributed by atoms with E-state index < -0.39 is 18.0 Å². The van der Waals surface area contributed by atoms with Crippen molar-refractivity contribution < 1.29 is 22.7 Å². The lowest BCUT2D eigenvalue weighted by Gasteiger charge is -2.05. The average molecular weight is 435 g/mol. The molecule has 0 saturated carbocycles. The van der Waals surface area contributed by atoms with Gasteiger partial charge in [-0.3, -0.25) is 0 Å². The second-order valence-corrected chi connectivity index (χ2v) is 6.36. The van der Waals surface area contributed by atoms with Crippen LogP contribution >= 0.6 is 11.6 Å². The molecule has 3 aromatic heterocycles. The molecule has 3 heterocycles. The van der Waals surface area contributed by atoms with Crippen molar-refractivity contribution in [2.45, 2.75) is 6.18 Å². The van der Waals surface area contributed by atoms with Gasteiger partial charge in [0.2, 0.25) is 11.6 Å². The van der Waals surface area contributed by atoms with Gasteiger partial charge in [-0.05, 0) is 30.3 Å². The lowest BCUT2D eigenvalue weighted by atomic mass is 10.2. The number of methoxy groups -OCH3 is 1. The Labute approximate surface area is 171 Å². The van der Waals surface area contributed by atoms with Crippen molar-refractivity contribution in [1.82, 2.24) is 29.7 Å². The third-order valence-corrected chi connectivity index (χ3v) is 4.27. The van der Waals surface area contributed by atoms with E-state index >= 15 is 0 Å². The van der Waals surface area contributed by atoms with E-state index in [-0.39, 0.29) is 28.2 Å². The quantitative estimate of drug-likeness (QED) is 0.453. The molecular formula is C18H10ClF3N6O2. The van der Waals surface area contributed by atoms with Crippen molar-refractivity contribution in [1.29, 1.82) is 0 Å². The number of fused-ring (bicyclic) bond motifs is 1. The van der Waals surface area contributed by atoms with Crippen molar-refractivity contribution in [2.75, 3.05) is 7.11 Å². The maximum Gasteiger partial charge on any atom is 0.451 e. The van der Waals surface area contributed by atoms with E-state index in [1.807, 2.05) is 0 Å². The number of benzene rings is 1. The molecule has 0 atom stereocenters. The molecule has 1 aromatic carbocycles. The molecule has 0 N–H and O–H groups in total. The monoisotopic (exact) mass is 434 g/mol. The molecule has 0 saturated heterocycles. The number of carbonyl (C=O) groups is 1. The largest absolute Gasteiger partial charge is 0.463 e. The number of hydrogen-bond donors (Lipinski definition) is 0. The Bertz CT molecular complexity index is 1260. The fraction of sp³-hybridized carbons (Fsp3) is 0.111. The zero-order valence-electron chi connectivity index (χ0n) is 15.1. The highest BCUT2D eigenvalue weighted by Crippen LogP contribution is 2.31. The molecule has 0 amide bonds. The lowest BCUT2D eigenvalue weighted by molar-refractivity contribution is -0.144. The fourth-order valence-corrected chi connectivity index (χ4v) is 2.80. The summed E-state index contributed by atoms with van der Waals surface area (Å²) < 4.78 is 45.1. The molecule has 0 spiro atoms. The first-order valence-electron chi connectivity index (χ1n) is 8.28. The van der Waals surface area contributed by atoms with Gasteiger partial charge in [0.1, 0.15) is 5.69 Å². The van der Waals surface area contributed by atoms with Gasteiger partial charge in [0.15, 0.2) is 5.65 Å². The Kier molecular flexibility index (Phi) is 4.82. The molecule has 0 aliphatic heterocycles. The molecule has 8 nitrogen and oxygen atoms in total. The van der Waals surface area contributed by atoms with Gasteiger partial charge in [-0.15, -0.1) is 0 Å². The normalized spacial score (nSPS) is 11.6. The summed E-state index contributed by atoms with van der Waals surface area (Å²) in [6, 6.07) is 7.79. The van der Waals surface area contributed by atoms with Crippen LogP contribution in [-0.4, -0.2) is 42.8 Å². The summed E-state index contributed by atoms with van der Waals surface area (Å²) in [5, 5.41) is 5.13. The second kappa shape index (κ2) is 7.34. The van der Waals surface area contributed by atoms with E-state index in [1.165, 1.54) is 24.1 Å². The molecule has 0 fully saturated rings. The molecule has 12 heteroatoms. The van der Waals surface area contributed by atoms with Crippen LogP contribution in [0.5, 0.6) is 0 Å². The SMILES string of the molecule is COC(=O)c1ncc2c(-c3ccnc(C(F)(F)F)n3)nn(-c3ccc(Cl)cc3)c2n1. The van der Waals surface area contributed by atoms with E-state index in [1.54, 1.807) is 24.3 Å². The molecule has 0 bridgehead atoms. The van der Waals surface area contributed by atoms with Crippen molar-refractivity contribution in [2.24, 2.45) is 0 Å². The Morgan fingerprint density at radius 1 is 1.10 bits per heavy atom. The third kappa shape index (κ3) is 3.54. The van der Waals surface area contributed by atoms with Gasteiger partial charge in [-0.25, -0.2) is 29.4 Å². The topological polar surface area (TPSA) is 95.7 Å². The summed E-state index contributed by atoms with van der Waals surface area (Å²) in [5.74, 6) is -2.31. The summed E-state index contributed by atoms with van der Waals surface area (Å²) in [6.45, 7) is 0. The van der Waals surface area contributed by atoms with E-state index in [0.29, 0.717) is 10.7 Å². The van der Waals surface area contributed by atoms with Crippen LogP contribution in [0.15, 0.2) is 42.7 Å². The van der Waals surface area contributed by atoms with Crippen LogP contribution in [0.1, 0.15) is 16.4 Å². The van der Waals surface area contributed by atoms with Gasteiger partial charge in [0.25, 0.3) is 0 Å². The van der Waals surface area contributed by atoms with E-state index in [9.17, 15) is 18.0 Å². The zero-order valence-corrected chi connectivity index (χ0v) is 15.8. The number of hydrogen-bond acceptors (Lipinski definition) is 7. The lowest BCUT2D eigenvalue weighted by Crippen LogP contribution is -2.11. The molecule has 4 aromatic rings. The molecule has 30 heavy (non-hydrogen) atoms. The number of aromatic nitrogens is 6. The number of esters is 1. The molecule has 152 valence electrons. The van der Waals surface area contributed by atoms with Crippen LogP contribution in [0.2, 0.25) is 5.02 Å². The smallest absolute Gasteiger partial charge is 0.451 e. The fourth-order valence-electron chi connectivity index (χ4n) is 2.67. The van der Waals surface area contributed by atoms with Gasteiger partial charge in [0.05, 0.1) is 23.9 Å². The first-order valence-corrected chi connectivity index (χ1v) is 8.66. The minimum absolute atomic E-state index is 0.0792. The van der Waals surface area contributed by atoms with Crippen LogP contribution in [0, 0.1) is 0 Å². The van der Waals surface area contributed by atoms with Crippen LogP contribution in [-0.2, 0) is 10.9 Å². The van der Waals surface area contributed by atoms with E-state index in [2.05, 4.69) is 29.8 Å². The Balaban J connectivity index is 1.97. The number of carbonyl (C=O) groups excluding carboxylic acids is 1. The summed E-state index contributed by atoms with van der Waals surface area (Å²) in [4.78, 5) is 26.8. The maximum absolute atomic E-state index is 13.0. The predicted octanol–water partition coefficient (Wildman–Crippen LogP) is 3.73. The molecule has 4 rings (SSSR count). The highest BCUT2D eigenvalue weighted by Gasteiger charge is 2.35. The Morgan fingerprint density at radius 2 is 1.83 bits per heavy atom. The number of ether oxygens (including phenoxy) is 1. The number of alkyl halides is 3. The standard InChI is InChI=1S/C18H10ClF3N6O2/c1-30-16(29)14-24-8-11-13(12-6-7-23-17(25-12)18(20,21)22)27-28(15(11)26-14)10-4-2-9(19)3-5-10/h2-8H,1H3. The van der Waals surface area contributed by atoms with Gasteiger partial charge in [-0.1, -0.05) is 11.6 Å². The average Bonchev–Trinajstić information content (AvgIpc) is 3.12. The summed E-state index contributed by atoms with van der Waals surface area (Å²) in [7, 11) is 1.18. The van der Waals surface area contributed by atoms with Crippen LogP contribution in [0.3, 0.4) is 0 Å². The Morgan fingerprint density at radius 3 is 2.50 bits per heavy atom. The van der Waals surface area contributed by atoms with E-state index in [4.69, 9.17) is 11.6 Å². The third-order valence-electron chi connectivity index (χ3n) is 4.02. The minimum Gasteiger partial charge on any atom is -0.463 e. The van der Waals surface area contributed by atoms with Gasteiger partial charge >= 0.3 is 12.1 Å². The Hall–Kier alpha value is -3.60.